The summed E-state index contributed by atoms with van der Waals surface area (Å²) in [6, 6.07) is 5.41. The average molecular weight is 515 g/mol. The molecule has 0 saturated heterocycles. The lowest BCUT2D eigenvalue weighted by molar-refractivity contribution is -0.158. The van der Waals surface area contributed by atoms with Crippen molar-refractivity contribution in [2.45, 2.75) is 89.8 Å². The van der Waals surface area contributed by atoms with E-state index in [0.717, 1.165) is 66.2 Å². The Bertz CT molecular complexity index is 1090. The molecule has 4 fully saturated rings. The molecule has 2 heterocycles. The van der Waals surface area contributed by atoms with E-state index in [1.54, 1.807) is 22.4 Å². The molecule has 188 valence electrons. The Hall–Kier alpha value is -2.12. The van der Waals surface area contributed by atoms with Gasteiger partial charge in [-0.05, 0) is 69.1 Å². The van der Waals surface area contributed by atoms with Crippen molar-refractivity contribution >= 4 is 45.9 Å². The molecule has 4 aliphatic rings. The number of nitrogens with one attached hydrogen (secondary N) is 2. The molecule has 4 aliphatic carbocycles. The number of amides is 2. The minimum atomic E-state index is -0.466. The van der Waals surface area contributed by atoms with Gasteiger partial charge in [-0.25, -0.2) is 0 Å². The minimum absolute atomic E-state index is 0.00449. The van der Waals surface area contributed by atoms with Crippen LogP contribution >= 0.6 is 22.9 Å². The lowest BCUT2D eigenvalue weighted by Crippen LogP contribution is -2.74. The molecule has 0 radical (unpaired) electrons. The molecule has 35 heavy (non-hydrogen) atoms. The molecule has 0 aliphatic heterocycles. The quantitative estimate of drug-likeness (QED) is 0.367. The van der Waals surface area contributed by atoms with Gasteiger partial charge in [-0.2, -0.15) is 0 Å². The first-order valence-corrected chi connectivity index (χ1v) is 13.9. The molecule has 0 unspecified atom stereocenters. The Morgan fingerprint density at radius 1 is 1.31 bits per heavy atom. The molecule has 2 atom stereocenters. The molecule has 6 rings (SSSR count). The molecular weight excluding hydrogens is 480 g/mol. The fourth-order valence-corrected chi connectivity index (χ4v) is 7.82. The van der Waals surface area contributed by atoms with Crippen molar-refractivity contribution in [3.63, 3.8) is 0 Å². The zero-order chi connectivity index (χ0) is 24.8. The zero-order valence-electron chi connectivity index (χ0n) is 20.8. The maximum Gasteiger partial charge on any atom is 0.243 e. The van der Waals surface area contributed by atoms with E-state index >= 15 is 0 Å². The molecule has 2 bridgehead atoms. The fourth-order valence-electron chi connectivity index (χ4n) is 6.63. The number of nitrogens with zero attached hydrogens (tertiary/aromatic N) is 2. The highest BCUT2D eigenvalue weighted by atomic mass is 35.5. The number of thiophene rings is 1. The molecule has 2 aromatic rings. The Morgan fingerprint density at radius 2 is 2.03 bits per heavy atom. The Morgan fingerprint density at radius 3 is 2.69 bits per heavy atom. The number of halogens is 1. The van der Waals surface area contributed by atoms with Crippen molar-refractivity contribution < 1.29 is 9.59 Å². The Kier molecular flexibility index (Phi) is 6.60. The number of aromatic nitrogens is 1. The van der Waals surface area contributed by atoms with Gasteiger partial charge in [-0.3, -0.25) is 19.5 Å². The predicted octanol–water partition coefficient (Wildman–Crippen LogP) is 6.25. The van der Waals surface area contributed by atoms with E-state index in [1.807, 2.05) is 25.1 Å². The first-order valence-electron chi connectivity index (χ1n) is 12.7. The van der Waals surface area contributed by atoms with Crippen molar-refractivity contribution in [3.05, 3.63) is 40.0 Å². The first-order chi connectivity index (χ1) is 16.7. The smallest absolute Gasteiger partial charge is 0.243 e. The molecular formula is C27H35ClN4O2S. The van der Waals surface area contributed by atoms with Gasteiger partial charge < -0.3 is 10.6 Å². The van der Waals surface area contributed by atoms with Crippen molar-refractivity contribution in [1.82, 2.24) is 10.3 Å². The number of carbonyl (C=O) groups excluding carboxylic acids is 2. The fraction of sp³-hybridized carbons (Fsp3) is 0.593. The number of carbonyl (C=O) groups is 2. The summed E-state index contributed by atoms with van der Waals surface area (Å²) in [7, 11) is 0. The van der Waals surface area contributed by atoms with Crippen LogP contribution in [0, 0.1) is 18.3 Å². The van der Waals surface area contributed by atoms with Gasteiger partial charge in [0.25, 0.3) is 0 Å². The molecule has 2 N–H and O–H groups in total. The first kappa shape index (κ1) is 24.6. The van der Waals surface area contributed by atoms with Gasteiger partial charge in [0.1, 0.15) is 6.04 Å². The summed E-state index contributed by atoms with van der Waals surface area (Å²) in [5.41, 5.74) is 2.15. The molecule has 2 aromatic heterocycles. The third kappa shape index (κ3) is 4.94. The summed E-state index contributed by atoms with van der Waals surface area (Å²) < 4.78 is 0. The van der Waals surface area contributed by atoms with Crippen LogP contribution in [0.15, 0.2) is 24.4 Å². The van der Waals surface area contributed by atoms with Gasteiger partial charge in [0.2, 0.25) is 12.3 Å². The number of pyridine rings is 1. The van der Waals surface area contributed by atoms with E-state index in [1.165, 1.54) is 12.8 Å². The second-order valence-corrected chi connectivity index (χ2v) is 12.9. The molecule has 8 heteroatoms. The summed E-state index contributed by atoms with van der Waals surface area (Å²) >= 11 is 7.68. The van der Waals surface area contributed by atoms with Gasteiger partial charge in [-0.1, -0.05) is 44.2 Å². The minimum Gasteiger partial charge on any atom is -0.376 e. The predicted molar refractivity (Wildman–Crippen MR) is 142 cm³/mol. The van der Waals surface area contributed by atoms with Crippen LogP contribution in [0.4, 0.5) is 10.7 Å². The molecule has 6 nitrogen and oxygen atoms in total. The molecule has 4 saturated carbocycles. The maximum atomic E-state index is 13.6. The van der Waals surface area contributed by atoms with Crippen LogP contribution in [0.25, 0.3) is 0 Å². The van der Waals surface area contributed by atoms with Crippen molar-refractivity contribution in [2.24, 2.45) is 11.3 Å². The number of anilines is 2. The van der Waals surface area contributed by atoms with Crippen LogP contribution in [0.3, 0.4) is 0 Å². The molecule has 0 spiro atoms. The van der Waals surface area contributed by atoms with Gasteiger partial charge in [0.15, 0.2) is 0 Å². The molecule has 0 aromatic carbocycles. The number of hydrogen-bond donors (Lipinski definition) is 2. The van der Waals surface area contributed by atoms with Crippen LogP contribution in [-0.2, 0) is 9.59 Å². The monoisotopic (exact) mass is 514 g/mol. The normalized spacial score (nSPS) is 26.9. The second-order valence-electron chi connectivity index (χ2n) is 11.4. The van der Waals surface area contributed by atoms with Crippen LogP contribution in [0.1, 0.15) is 81.8 Å². The van der Waals surface area contributed by atoms with E-state index in [0.29, 0.717) is 16.4 Å². The SMILES string of the molecule is Cc1ncc(Cl)cc1N[C@@H](C)c1ccc(N(C=O)[C@@H](CC2CCCC2)C(=O)NC23CC(C)(C2)C3)s1. The van der Waals surface area contributed by atoms with Gasteiger partial charge in [0.05, 0.1) is 27.4 Å². The lowest BCUT2D eigenvalue weighted by atomic mass is 9.40. The third-order valence-corrected chi connectivity index (χ3v) is 9.67. The summed E-state index contributed by atoms with van der Waals surface area (Å²) in [6.07, 6.45) is 11.1. The van der Waals surface area contributed by atoms with Crippen LogP contribution in [0.5, 0.6) is 0 Å². The summed E-state index contributed by atoms with van der Waals surface area (Å²) in [4.78, 5) is 33.0. The van der Waals surface area contributed by atoms with E-state index in [4.69, 9.17) is 11.6 Å². The number of aryl methyl sites for hydroxylation is 1. The van der Waals surface area contributed by atoms with Crippen LogP contribution in [0.2, 0.25) is 5.02 Å². The van der Waals surface area contributed by atoms with Gasteiger partial charge in [0, 0.05) is 16.6 Å². The van der Waals surface area contributed by atoms with E-state index in [2.05, 4.69) is 29.5 Å². The summed E-state index contributed by atoms with van der Waals surface area (Å²) in [5.74, 6) is 0.504. The van der Waals surface area contributed by atoms with Gasteiger partial charge >= 0.3 is 0 Å². The lowest BCUT2D eigenvalue weighted by Gasteiger charge is -2.69. The van der Waals surface area contributed by atoms with Crippen molar-refractivity contribution in [1.29, 1.82) is 0 Å². The Labute approximate surface area is 216 Å². The number of hydrogen-bond acceptors (Lipinski definition) is 5. The zero-order valence-corrected chi connectivity index (χ0v) is 22.3. The third-order valence-electron chi connectivity index (χ3n) is 8.19. The highest BCUT2D eigenvalue weighted by molar-refractivity contribution is 7.16. The highest BCUT2D eigenvalue weighted by Gasteiger charge is 2.65. The standard InChI is InChI=1S/C27H35ClN4O2S/c1-17-21(11-20(28)12-29-17)30-18(2)23-8-9-24(35-23)32(16-33)22(10-19-6-4-5-7-19)25(34)31-27-13-26(3,14-27)15-27/h8-9,11-12,16,18-19,22,30H,4-7,10,13-15H2,1-3H3,(H,31,34)/t18-,22-,26?,27?/m0/s1. The molecule has 2 amide bonds. The van der Waals surface area contributed by atoms with Crippen molar-refractivity contribution in [3.8, 4) is 0 Å². The van der Waals surface area contributed by atoms with E-state index in [9.17, 15) is 9.59 Å². The summed E-state index contributed by atoms with van der Waals surface area (Å²) in [5, 5.41) is 8.23. The van der Waals surface area contributed by atoms with E-state index < -0.39 is 6.04 Å². The Balaban J connectivity index is 1.33. The topological polar surface area (TPSA) is 74.3 Å². The number of rotatable bonds is 10. The highest BCUT2D eigenvalue weighted by Crippen LogP contribution is 2.66. The maximum absolute atomic E-state index is 13.6. The average Bonchev–Trinajstić information content (AvgIpc) is 3.47. The van der Waals surface area contributed by atoms with Crippen molar-refractivity contribution in [2.75, 3.05) is 10.2 Å². The van der Waals surface area contributed by atoms with Crippen LogP contribution < -0.4 is 15.5 Å². The largest absolute Gasteiger partial charge is 0.376 e. The van der Waals surface area contributed by atoms with E-state index in [-0.39, 0.29) is 17.5 Å². The summed E-state index contributed by atoms with van der Waals surface area (Å²) in [6.45, 7) is 6.31. The van der Waals surface area contributed by atoms with Crippen LogP contribution in [-0.4, -0.2) is 28.9 Å². The second kappa shape index (κ2) is 9.40. The van der Waals surface area contributed by atoms with Gasteiger partial charge in [-0.15, -0.1) is 11.3 Å².